The van der Waals surface area contributed by atoms with Gasteiger partial charge in [-0.2, -0.15) is 0 Å². The highest BCUT2D eigenvalue weighted by Gasteiger charge is 2.70. The van der Waals surface area contributed by atoms with Crippen LogP contribution in [0.4, 0.5) is 0 Å². The number of likely N-dealkylation sites (N-methyl/N-ethyl adjacent to an activating group) is 1. The molecule has 0 unspecified atom stereocenters. The van der Waals surface area contributed by atoms with Crippen LogP contribution in [0.15, 0.2) is 54.3 Å². The second-order valence-electron chi connectivity index (χ2n) is 12.6. The van der Waals surface area contributed by atoms with Crippen molar-refractivity contribution in [2.75, 3.05) is 13.6 Å². The van der Waals surface area contributed by atoms with E-state index in [-0.39, 0.29) is 30.4 Å². The monoisotopic (exact) mass is 651 g/mol. The largest absolute Gasteiger partial charge is 0.481 e. The van der Waals surface area contributed by atoms with Crippen LogP contribution in [-0.2, 0) is 51.8 Å². The van der Waals surface area contributed by atoms with E-state index in [4.69, 9.17) is 24.1 Å². The van der Waals surface area contributed by atoms with Crippen LogP contribution in [0.3, 0.4) is 0 Å². The van der Waals surface area contributed by atoms with Gasteiger partial charge in [-0.3, -0.25) is 4.79 Å². The molecule has 1 fully saturated rings. The van der Waals surface area contributed by atoms with E-state index in [2.05, 4.69) is 4.90 Å². The molecule has 2 aromatic rings. The maximum absolute atomic E-state index is 13.2. The molecule has 6 rings (SSSR count). The lowest BCUT2D eigenvalue weighted by molar-refractivity contribution is -0.181. The fraction of sp³-hybridized carbons (Fsp3) is 0.471. The van der Waals surface area contributed by atoms with Gasteiger partial charge in [0.2, 0.25) is 6.10 Å². The molecule has 1 spiro atoms. The van der Waals surface area contributed by atoms with Gasteiger partial charge in [-0.25, -0.2) is 14.4 Å². The second kappa shape index (κ2) is 12.4. The number of esters is 3. The van der Waals surface area contributed by atoms with Crippen LogP contribution in [0.5, 0.6) is 5.75 Å². The Labute approximate surface area is 270 Å². The molecule has 4 N–H and O–H groups in total. The smallest absolute Gasteiger partial charge is 0.353 e. The van der Waals surface area contributed by atoms with E-state index in [1.165, 1.54) is 12.1 Å². The minimum absolute atomic E-state index is 0.130. The van der Waals surface area contributed by atoms with Gasteiger partial charge in [-0.05, 0) is 51.4 Å². The molecular weight excluding hydrogens is 614 g/mol. The summed E-state index contributed by atoms with van der Waals surface area (Å²) in [5.41, 5.74) is 0.320. The normalized spacial score (nSPS) is 27.6. The Morgan fingerprint density at radius 2 is 1.83 bits per heavy atom. The van der Waals surface area contributed by atoms with Gasteiger partial charge >= 0.3 is 23.9 Å². The highest BCUT2D eigenvalue weighted by atomic mass is 16.6. The molecule has 47 heavy (non-hydrogen) atoms. The van der Waals surface area contributed by atoms with Gasteiger partial charge < -0.3 is 44.3 Å². The molecule has 7 atom stereocenters. The molecule has 2 heterocycles. The molecule has 2 bridgehead atoms. The SMILES string of the molecule is C[C@H](OC(=O)[C@@H](OC(=O)[C@@H](O)CC(=O)OC1=CC[C@@]2(O)[C@H]3Cc4ccc(CO)c5c4[C@@]2(CCCN3C)[C@H]1O5)c1ccccc1)C(=O)O. The number of hydrogen-bond donors (Lipinski definition) is 4. The summed E-state index contributed by atoms with van der Waals surface area (Å²) < 4.78 is 22.3. The number of aliphatic hydroxyl groups is 3. The molecule has 0 radical (unpaired) electrons. The number of nitrogens with zero attached hydrogens (tertiary/aromatic N) is 1. The maximum atomic E-state index is 13.2. The minimum Gasteiger partial charge on any atom is -0.481 e. The number of rotatable bonds is 10. The van der Waals surface area contributed by atoms with Gasteiger partial charge in [0.1, 0.15) is 11.5 Å². The number of benzene rings is 2. The van der Waals surface area contributed by atoms with Crippen molar-refractivity contribution >= 4 is 23.9 Å². The number of aliphatic hydroxyl groups excluding tert-OH is 2. The van der Waals surface area contributed by atoms with Crippen molar-refractivity contribution in [3.8, 4) is 5.75 Å². The summed E-state index contributed by atoms with van der Waals surface area (Å²) in [4.78, 5) is 52.2. The van der Waals surface area contributed by atoms with Crippen LogP contribution >= 0.6 is 0 Å². The van der Waals surface area contributed by atoms with Crippen molar-refractivity contribution in [1.29, 1.82) is 0 Å². The van der Waals surface area contributed by atoms with Crippen LogP contribution < -0.4 is 4.74 Å². The zero-order valence-electron chi connectivity index (χ0n) is 26.0. The maximum Gasteiger partial charge on any atom is 0.353 e. The molecule has 1 saturated heterocycles. The van der Waals surface area contributed by atoms with Crippen LogP contribution in [-0.4, -0.2) is 92.8 Å². The number of carbonyl (C=O) groups excluding carboxylic acids is 3. The van der Waals surface area contributed by atoms with E-state index < -0.39 is 65.7 Å². The number of ether oxygens (including phenoxy) is 4. The van der Waals surface area contributed by atoms with E-state index in [9.17, 15) is 34.5 Å². The summed E-state index contributed by atoms with van der Waals surface area (Å²) in [6.45, 7) is 1.59. The van der Waals surface area contributed by atoms with E-state index in [1.54, 1.807) is 30.3 Å². The molecule has 0 amide bonds. The lowest BCUT2D eigenvalue weighted by atomic mass is 9.52. The van der Waals surface area contributed by atoms with E-state index in [0.29, 0.717) is 24.2 Å². The molecule has 0 aromatic heterocycles. The minimum atomic E-state index is -2.04. The van der Waals surface area contributed by atoms with E-state index in [0.717, 1.165) is 31.0 Å². The Balaban J connectivity index is 1.21. The number of carboxylic acid groups (broad SMARTS) is 1. The lowest BCUT2D eigenvalue weighted by Gasteiger charge is -2.56. The molecule has 2 aliphatic carbocycles. The lowest BCUT2D eigenvalue weighted by Crippen LogP contribution is -2.69. The van der Waals surface area contributed by atoms with Crippen LogP contribution in [0, 0.1) is 0 Å². The third-order valence-corrected chi connectivity index (χ3v) is 9.90. The summed E-state index contributed by atoms with van der Waals surface area (Å²) in [5.74, 6) is -4.30. The first-order valence-corrected chi connectivity index (χ1v) is 15.5. The first-order valence-electron chi connectivity index (χ1n) is 15.5. The fourth-order valence-electron chi connectivity index (χ4n) is 7.66. The Morgan fingerprint density at radius 3 is 2.53 bits per heavy atom. The van der Waals surface area contributed by atoms with Crippen molar-refractivity contribution < 1.29 is 58.6 Å². The number of carboxylic acids is 1. The average molecular weight is 652 g/mol. The fourth-order valence-corrected chi connectivity index (χ4v) is 7.66. The standard InChI is InChI=1S/C34H37NO12/c1-18(30(39)40)44-32(42)28(19-7-4-3-5-8-19)47-31(41)22(37)16-25(38)45-23-11-13-34(43)24-15-20-9-10-21(17-36)27-26(20)33(34,29(23)46-27)12-6-14-35(24)2/h3-5,7-11,18,22,24,28-29,36-37,43H,6,12-17H2,1-2H3,(H,39,40)/t18-,22-,24+,28-,29-,33-,34+/m0/s1. The first kappa shape index (κ1) is 32.6. The zero-order valence-corrected chi connectivity index (χ0v) is 26.0. The Kier molecular flexibility index (Phi) is 8.60. The predicted molar refractivity (Wildman–Crippen MR) is 161 cm³/mol. The highest BCUT2D eigenvalue weighted by molar-refractivity contribution is 5.86. The molecule has 13 heteroatoms. The van der Waals surface area contributed by atoms with Crippen LogP contribution in [0.1, 0.15) is 61.0 Å². The quantitative estimate of drug-likeness (QED) is 0.214. The second-order valence-corrected chi connectivity index (χ2v) is 12.6. The molecule has 2 aliphatic heterocycles. The van der Waals surface area contributed by atoms with Gasteiger partial charge in [0.05, 0.1) is 24.0 Å². The summed E-state index contributed by atoms with van der Waals surface area (Å²) in [6.07, 6.45) is -3.40. The summed E-state index contributed by atoms with van der Waals surface area (Å²) in [5, 5.41) is 42.4. The van der Waals surface area contributed by atoms with Gasteiger partial charge in [-0.15, -0.1) is 0 Å². The summed E-state index contributed by atoms with van der Waals surface area (Å²) >= 11 is 0. The van der Waals surface area contributed by atoms with Crippen LogP contribution in [0.2, 0.25) is 0 Å². The predicted octanol–water partition coefficient (Wildman–Crippen LogP) is 1.44. The molecular formula is C34H37NO12. The van der Waals surface area contributed by atoms with Crippen molar-refractivity contribution in [1.82, 2.24) is 4.90 Å². The zero-order chi connectivity index (χ0) is 33.7. The van der Waals surface area contributed by atoms with Crippen LogP contribution in [0.25, 0.3) is 0 Å². The first-order chi connectivity index (χ1) is 22.4. The van der Waals surface area contributed by atoms with Gasteiger partial charge in [0.15, 0.2) is 18.3 Å². The molecule has 13 nitrogen and oxygen atoms in total. The van der Waals surface area contributed by atoms with Gasteiger partial charge in [0.25, 0.3) is 0 Å². The molecule has 250 valence electrons. The van der Waals surface area contributed by atoms with E-state index in [1.807, 2.05) is 13.1 Å². The molecule has 4 aliphatic rings. The Bertz CT molecular complexity index is 1620. The number of likely N-dealkylation sites (tertiary alicyclic amines) is 1. The van der Waals surface area contributed by atoms with Crippen molar-refractivity contribution in [2.24, 2.45) is 0 Å². The van der Waals surface area contributed by atoms with Crippen molar-refractivity contribution in [3.05, 3.63) is 76.6 Å². The molecule has 0 saturated carbocycles. The average Bonchev–Trinajstić information content (AvgIpc) is 3.38. The third kappa shape index (κ3) is 5.36. The Hall–Kier alpha value is -4.30. The third-order valence-electron chi connectivity index (χ3n) is 9.90. The van der Waals surface area contributed by atoms with Crippen molar-refractivity contribution in [3.63, 3.8) is 0 Å². The Morgan fingerprint density at radius 1 is 1.09 bits per heavy atom. The molecule has 2 aromatic carbocycles. The van der Waals surface area contributed by atoms with E-state index >= 15 is 0 Å². The number of hydrogen-bond acceptors (Lipinski definition) is 12. The number of aliphatic carboxylic acids is 1. The van der Waals surface area contributed by atoms with Gasteiger partial charge in [0, 0.05) is 29.2 Å². The number of carbonyl (C=O) groups is 4. The summed E-state index contributed by atoms with van der Waals surface area (Å²) in [6, 6.07) is 11.2. The van der Waals surface area contributed by atoms with Crippen molar-refractivity contribution in [2.45, 2.75) is 87.1 Å². The highest BCUT2D eigenvalue weighted by Crippen LogP contribution is 2.64. The summed E-state index contributed by atoms with van der Waals surface area (Å²) in [7, 11) is 1.98. The topological polar surface area (TPSA) is 189 Å². The van der Waals surface area contributed by atoms with Gasteiger partial charge in [-0.1, -0.05) is 42.5 Å².